The standard InChI is InChI=1S/C20H14ClF3N2O5S/c21-17-9-16(32(28)29)7-1-12(17)10-26-19(27)13-2-8-18(25-11-13)30-14-3-5-15(6-4-14)31-20(22,23)24/h1-9,11H,10H2,(H,26,27)(H,28,29)/p-1. The number of alkyl halides is 3. The molecule has 3 rings (SSSR count). The first-order valence-corrected chi connectivity index (χ1v) is 10.2. The first kappa shape index (κ1) is 23.5. The molecule has 2 aromatic carbocycles. The number of benzene rings is 2. The summed E-state index contributed by atoms with van der Waals surface area (Å²) in [6.45, 7) is 0.0635. The largest absolute Gasteiger partial charge is 0.768 e. The molecule has 0 aliphatic rings. The minimum absolute atomic E-state index is 0.0346. The van der Waals surface area contributed by atoms with E-state index >= 15 is 0 Å². The molecule has 0 saturated heterocycles. The van der Waals surface area contributed by atoms with Crippen molar-refractivity contribution in [3.63, 3.8) is 0 Å². The molecule has 168 valence electrons. The number of nitrogens with one attached hydrogen (secondary N) is 1. The van der Waals surface area contributed by atoms with Gasteiger partial charge in [0.2, 0.25) is 5.88 Å². The van der Waals surface area contributed by atoms with Crippen molar-refractivity contribution in [3.05, 3.63) is 76.9 Å². The number of carbonyl (C=O) groups excluding carboxylic acids is 1. The molecular weight excluding hydrogens is 473 g/mol. The third kappa shape index (κ3) is 6.67. The third-order valence-corrected chi connectivity index (χ3v) is 4.93. The molecule has 32 heavy (non-hydrogen) atoms. The average molecular weight is 486 g/mol. The van der Waals surface area contributed by atoms with Gasteiger partial charge in [0.25, 0.3) is 5.91 Å². The fourth-order valence-electron chi connectivity index (χ4n) is 2.46. The summed E-state index contributed by atoms with van der Waals surface area (Å²) in [6.07, 6.45) is -3.52. The van der Waals surface area contributed by atoms with Crippen molar-refractivity contribution < 1.29 is 36.2 Å². The van der Waals surface area contributed by atoms with Crippen LogP contribution in [0, 0.1) is 0 Å². The summed E-state index contributed by atoms with van der Waals surface area (Å²) >= 11 is 3.62. The van der Waals surface area contributed by atoms with Gasteiger partial charge in [-0.3, -0.25) is 9.00 Å². The predicted molar refractivity (Wildman–Crippen MR) is 107 cm³/mol. The Morgan fingerprint density at radius 3 is 2.34 bits per heavy atom. The zero-order valence-corrected chi connectivity index (χ0v) is 17.5. The second-order valence-electron chi connectivity index (χ2n) is 6.18. The van der Waals surface area contributed by atoms with E-state index in [1.54, 1.807) is 0 Å². The van der Waals surface area contributed by atoms with Gasteiger partial charge in [-0.15, -0.1) is 13.2 Å². The van der Waals surface area contributed by atoms with Gasteiger partial charge < -0.3 is 19.3 Å². The van der Waals surface area contributed by atoms with Gasteiger partial charge in [0.15, 0.2) is 0 Å². The van der Waals surface area contributed by atoms with Gasteiger partial charge in [-0.2, -0.15) is 0 Å². The molecule has 7 nitrogen and oxygen atoms in total. The van der Waals surface area contributed by atoms with Gasteiger partial charge in [-0.1, -0.05) is 17.7 Å². The van der Waals surface area contributed by atoms with E-state index in [0.717, 1.165) is 12.1 Å². The second-order valence-corrected chi connectivity index (χ2v) is 7.53. The monoisotopic (exact) mass is 485 g/mol. The number of aromatic nitrogens is 1. The first-order valence-electron chi connectivity index (χ1n) is 8.76. The van der Waals surface area contributed by atoms with E-state index in [1.165, 1.54) is 48.7 Å². The molecule has 1 amide bonds. The Morgan fingerprint density at radius 1 is 1.09 bits per heavy atom. The third-order valence-electron chi connectivity index (χ3n) is 3.93. The fourth-order valence-corrected chi connectivity index (χ4v) is 3.16. The molecule has 3 aromatic rings. The molecule has 0 bridgehead atoms. The summed E-state index contributed by atoms with van der Waals surface area (Å²) < 4.78 is 67.6. The van der Waals surface area contributed by atoms with Crippen LogP contribution in [0.5, 0.6) is 17.4 Å². The molecule has 0 saturated carbocycles. The molecule has 1 heterocycles. The van der Waals surface area contributed by atoms with Crippen LogP contribution in [-0.2, 0) is 17.6 Å². The lowest BCUT2D eigenvalue weighted by molar-refractivity contribution is -0.274. The number of hydrogen-bond acceptors (Lipinski definition) is 6. The van der Waals surface area contributed by atoms with E-state index < -0.39 is 23.3 Å². The summed E-state index contributed by atoms with van der Waals surface area (Å²) in [5.41, 5.74) is 0.750. The Balaban J connectivity index is 1.57. The lowest BCUT2D eigenvalue weighted by atomic mass is 10.2. The summed E-state index contributed by atoms with van der Waals surface area (Å²) in [4.78, 5) is 16.3. The Bertz CT molecular complexity index is 1130. The molecule has 0 aliphatic heterocycles. The number of pyridine rings is 1. The Morgan fingerprint density at radius 2 is 1.78 bits per heavy atom. The highest BCUT2D eigenvalue weighted by Crippen LogP contribution is 2.26. The normalized spacial score (nSPS) is 12.2. The molecule has 0 aliphatic carbocycles. The topological polar surface area (TPSA) is 101 Å². The van der Waals surface area contributed by atoms with Crippen LogP contribution >= 0.6 is 11.6 Å². The maximum absolute atomic E-state index is 12.3. The first-order chi connectivity index (χ1) is 15.1. The van der Waals surface area contributed by atoms with Crippen LogP contribution in [0.4, 0.5) is 13.2 Å². The van der Waals surface area contributed by atoms with E-state index in [-0.39, 0.29) is 39.4 Å². The number of nitrogens with zero attached hydrogens (tertiary/aromatic N) is 1. The zero-order valence-electron chi connectivity index (χ0n) is 15.9. The van der Waals surface area contributed by atoms with Crippen LogP contribution in [0.3, 0.4) is 0 Å². The molecular formula is C20H13ClF3N2O5S-. The van der Waals surface area contributed by atoms with Gasteiger partial charge in [0.1, 0.15) is 11.5 Å². The van der Waals surface area contributed by atoms with Crippen molar-refractivity contribution in [2.45, 2.75) is 17.8 Å². The Kier molecular flexibility index (Phi) is 7.33. The second kappa shape index (κ2) is 9.98. The number of amides is 1. The highest BCUT2D eigenvalue weighted by molar-refractivity contribution is 7.79. The quantitative estimate of drug-likeness (QED) is 0.491. The summed E-state index contributed by atoms with van der Waals surface area (Å²) in [5, 5.41) is 2.83. The van der Waals surface area contributed by atoms with Gasteiger partial charge in [0.05, 0.1) is 5.56 Å². The lowest BCUT2D eigenvalue weighted by Gasteiger charge is -2.11. The van der Waals surface area contributed by atoms with Crippen molar-refractivity contribution in [1.29, 1.82) is 0 Å². The molecule has 0 spiro atoms. The highest BCUT2D eigenvalue weighted by Gasteiger charge is 2.31. The van der Waals surface area contributed by atoms with E-state index in [9.17, 15) is 26.7 Å². The summed E-state index contributed by atoms with van der Waals surface area (Å²) in [6, 6.07) is 11.8. The molecule has 12 heteroatoms. The van der Waals surface area contributed by atoms with Gasteiger partial charge >= 0.3 is 6.36 Å². The van der Waals surface area contributed by atoms with Crippen LogP contribution in [0.15, 0.2) is 65.7 Å². The number of carbonyl (C=O) groups is 1. The van der Waals surface area contributed by atoms with Crippen LogP contribution in [0.25, 0.3) is 0 Å². The smallest absolute Gasteiger partial charge is 0.573 e. The van der Waals surface area contributed by atoms with E-state index in [2.05, 4.69) is 15.0 Å². The maximum atomic E-state index is 12.3. The van der Waals surface area contributed by atoms with Crippen molar-refractivity contribution in [2.75, 3.05) is 0 Å². The Hall–Kier alpha value is -3.15. The van der Waals surface area contributed by atoms with E-state index in [0.29, 0.717) is 5.56 Å². The Labute approximate surface area is 187 Å². The van der Waals surface area contributed by atoms with E-state index in [4.69, 9.17) is 16.3 Å². The number of rotatable bonds is 7. The fraction of sp³-hybridized carbons (Fsp3) is 0.100. The summed E-state index contributed by atoms with van der Waals surface area (Å²) in [7, 11) is 0. The highest BCUT2D eigenvalue weighted by atomic mass is 35.5. The average Bonchev–Trinajstić information content (AvgIpc) is 2.73. The van der Waals surface area contributed by atoms with Gasteiger partial charge in [0, 0.05) is 28.7 Å². The zero-order chi connectivity index (χ0) is 23.3. The predicted octanol–water partition coefficient (Wildman–Crippen LogP) is 4.59. The van der Waals surface area contributed by atoms with Gasteiger partial charge in [-0.25, -0.2) is 4.98 Å². The molecule has 0 radical (unpaired) electrons. The molecule has 1 N–H and O–H groups in total. The van der Waals surface area contributed by atoms with Crippen LogP contribution in [-0.4, -0.2) is 26.0 Å². The number of hydrogen-bond donors (Lipinski definition) is 1. The van der Waals surface area contributed by atoms with Crippen LogP contribution in [0.1, 0.15) is 15.9 Å². The van der Waals surface area contributed by atoms with Crippen molar-refractivity contribution in [1.82, 2.24) is 10.3 Å². The molecule has 1 unspecified atom stereocenters. The number of ether oxygens (including phenoxy) is 2. The number of halogens is 4. The maximum Gasteiger partial charge on any atom is 0.573 e. The SMILES string of the molecule is O=C(NCc1ccc(S(=O)[O-])cc1Cl)c1ccc(Oc2ccc(OC(F)(F)F)cc2)nc1. The van der Waals surface area contributed by atoms with Crippen molar-refractivity contribution in [2.24, 2.45) is 0 Å². The minimum atomic E-state index is -4.79. The van der Waals surface area contributed by atoms with Crippen LogP contribution in [0.2, 0.25) is 5.02 Å². The molecule has 1 aromatic heterocycles. The molecule has 1 atom stereocenters. The van der Waals surface area contributed by atoms with E-state index in [1.807, 2.05) is 0 Å². The van der Waals surface area contributed by atoms with Crippen molar-refractivity contribution >= 4 is 28.6 Å². The van der Waals surface area contributed by atoms with Crippen LogP contribution < -0.4 is 14.8 Å². The lowest BCUT2D eigenvalue weighted by Crippen LogP contribution is -2.23. The van der Waals surface area contributed by atoms with Gasteiger partial charge in [-0.05, 0) is 59.1 Å². The summed E-state index contributed by atoms with van der Waals surface area (Å²) in [5.74, 6) is -0.497. The molecule has 0 fully saturated rings. The van der Waals surface area contributed by atoms with Crippen molar-refractivity contribution in [3.8, 4) is 17.4 Å². The minimum Gasteiger partial charge on any atom is -0.768 e.